The number of hydrogen-bond donors (Lipinski definition) is 1. The second-order valence-electron chi connectivity index (χ2n) is 6.16. The zero-order valence-corrected chi connectivity index (χ0v) is 12.3. The molecule has 0 amide bonds. The van der Waals surface area contributed by atoms with Crippen molar-refractivity contribution in [1.29, 1.82) is 0 Å². The van der Waals surface area contributed by atoms with Crippen LogP contribution in [-0.2, 0) is 5.41 Å². The summed E-state index contributed by atoms with van der Waals surface area (Å²) < 4.78 is 19.6. The summed E-state index contributed by atoms with van der Waals surface area (Å²) in [6.07, 6.45) is 0. The van der Waals surface area contributed by atoms with Crippen LogP contribution in [0.2, 0.25) is 0 Å². The molecule has 1 heterocycles. The van der Waals surface area contributed by atoms with E-state index in [-0.39, 0.29) is 16.9 Å². The van der Waals surface area contributed by atoms with E-state index in [0.717, 1.165) is 5.56 Å². The molecule has 0 radical (unpaired) electrons. The first-order chi connectivity index (χ1) is 9.86. The summed E-state index contributed by atoms with van der Waals surface area (Å²) >= 11 is 0. The molecule has 0 aliphatic rings. The fourth-order valence-electron chi connectivity index (χ4n) is 2.27. The molecule has 2 aromatic carbocycles. The van der Waals surface area contributed by atoms with Crippen LogP contribution >= 0.6 is 0 Å². The lowest BCUT2D eigenvalue weighted by Gasteiger charge is -2.18. The molecule has 21 heavy (non-hydrogen) atoms. The number of nitrogen functional groups attached to an aromatic ring is 1. The van der Waals surface area contributed by atoms with Crippen LogP contribution in [0.25, 0.3) is 22.6 Å². The van der Waals surface area contributed by atoms with Crippen LogP contribution in [0.1, 0.15) is 26.3 Å². The smallest absolute Gasteiger partial charge is 0.232 e. The Labute approximate surface area is 122 Å². The highest BCUT2D eigenvalue weighted by molar-refractivity contribution is 5.80. The molecule has 1 aromatic heterocycles. The third kappa shape index (κ3) is 2.37. The number of nitrogens with two attached hydrogens (primary N) is 1. The standard InChI is InChI=1S/C17H17FN2O/c1-17(2,3)10-7-8-14-13(9-10)20-16(21-14)15-11(18)5-4-6-12(15)19/h4-9H,19H2,1-3H3. The van der Waals surface area contributed by atoms with Gasteiger partial charge in [0.15, 0.2) is 5.58 Å². The van der Waals surface area contributed by atoms with Gasteiger partial charge in [0, 0.05) is 5.69 Å². The molecule has 0 spiro atoms. The minimum Gasteiger partial charge on any atom is -0.436 e. The van der Waals surface area contributed by atoms with E-state index in [1.807, 2.05) is 18.2 Å². The number of nitrogens with zero attached hydrogens (tertiary/aromatic N) is 1. The summed E-state index contributed by atoms with van der Waals surface area (Å²) in [6, 6.07) is 10.4. The molecule has 0 unspecified atom stereocenters. The Hall–Kier alpha value is -2.36. The minimum absolute atomic E-state index is 0.0182. The number of benzene rings is 2. The largest absolute Gasteiger partial charge is 0.436 e. The second kappa shape index (κ2) is 4.58. The number of halogens is 1. The Bertz CT molecular complexity index is 795. The predicted molar refractivity (Wildman–Crippen MR) is 82.5 cm³/mol. The quantitative estimate of drug-likeness (QED) is 0.669. The molecule has 0 aliphatic carbocycles. The number of fused-ring (bicyclic) bond motifs is 1. The van der Waals surface area contributed by atoms with Gasteiger partial charge in [-0.1, -0.05) is 32.9 Å². The average Bonchev–Trinajstić information content (AvgIpc) is 2.79. The van der Waals surface area contributed by atoms with Gasteiger partial charge in [-0.15, -0.1) is 0 Å². The van der Waals surface area contributed by atoms with Crippen molar-refractivity contribution in [3.63, 3.8) is 0 Å². The van der Waals surface area contributed by atoms with Crippen molar-refractivity contribution in [2.45, 2.75) is 26.2 Å². The van der Waals surface area contributed by atoms with Gasteiger partial charge in [-0.25, -0.2) is 9.37 Å². The number of hydrogen-bond acceptors (Lipinski definition) is 3. The molecule has 0 aliphatic heterocycles. The van der Waals surface area contributed by atoms with Crippen LogP contribution < -0.4 is 5.73 Å². The van der Waals surface area contributed by atoms with Crippen LogP contribution in [0, 0.1) is 5.82 Å². The normalized spacial score (nSPS) is 12.0. The summed E-state index contributed by atoms with van der Waals surface area (Å²) in [5, 5.41) is 0. The zero-order valence-electron chi connectivity index (χ0n) is 12.3. The number of aromatic nitrogens is 1. The SMILES string of the molecule is CC(C)(C)c1ccc2oc(-c3c(N)cccc3F)nc2c1. The molecular formula is C17H17FN2O. The molecular weight excluding hydrogens is 267 g/mol. The van der Waals surface area contributed by atoms with Crippen molar-refractivity contribution in [2.75, 3.05) is 5.73 Å². The van der Waals surface area contributed by atoms with E-state index >= 15 is 0 Å². The lowest BCUT2D eigenvalue weighted by Crippen LogP contribution is -2.10. The molecule has 0 bridgehead atoms. The van der Waals surface area contributed by atoms with E-state index < -0.39 is 5.82 Å². The number of oxazole rings is 1. The summed E-state index contributed by atoms with van der Waals surface area (Å²) in [6.45, 7) is 6.39. The number of anilines is 1. The predicted octanol–water partition coefficient (Wildman–Crippen LogP) is 4.51. The van der Waals surface area contributed by atoms with Crippen molar-refractivity contribution in [3.8, 4) is 11.5 Å². The van der Waals surface area contributed by atoms with Crippen LogP contribution in [0.4, 0.5) is 10.1 Å². The summed E-state index contributed by atoms with van der Waals surface area (Å²) in [5.74, 6) is -0.218. The summed E-state index contributed by atoms with van der Waals surface area (Å²) in [4.78, 5) is 4.39. The molecule has 0 saturated heterocycles. The molecule has 108 valence electrons. The Morgan fingerprint density at radius 1 is 1.14 bits per heavy atom. The van der Waals surface area contributed by atoms with Crippen molar-refractivity contribution in [1.82, 2.24) is 4.98 Å². The highest BCUT2D eigenvalue weighted by atomic mass is 19.1. The van der Waals surface area contributed by atoms with E-state index in [4.69, 9.17) is 10.2 Å². The Morgan fingerprint density at radius 3 is 2.57 bits per heavy atom. The fraction of sp³-hybridized carbons (Fsp3) is 0.235. The molecule has 3 aromatic rings. The lowest BCUT2D eigenvalue weighted by atomic mass is 9.87. The van der Waals surface area contributed by atoms with Crippen molar-refractivity contribution >= 4 is 16.8 Å². The monoisotopic (exact) mass is 284 g/mol. The van der Waals surface area contributed by atoms with Gasteiger partial charge in [0.05, 0.1) is 5.56 Å². The Kier molecular flexibility index (Phi) is 2.97. The highest BCUT2D eigenvalue weighted by Gasteiger charge is 2.18. The molecule has 2 N–H and O–H groups in total. The van der Waals surface area contributed by atoms with Crippen LogP contribution in [0.3, 0.4) is 0 Å². The first kappa shape index (κ1) is 13.6. The molecule has 3 nitrogen and oxygen atoms in total. The van der Waals surface area contributed by atoms with Gasteiger partial charge < -0.3 is 10.2 Å². The molecule has 3 rings (SSSR count). The molecule has 0 fully saturated rings. The van der Waals surface area contributed by atoms with E-state index in [1.54, 1.807) is 12.1 Å². The molecule has 0 atom stereocenters. The average molecular weight is 284 g/mol. The maximum Gasteiger partial charge on any atom is 0.232 e. The minimum atomic E-state index is -0.433. The van der Waals surface area contributed by atoms with Gasteiger partial charge in [-0.2, -0.15) is 0 Å². The number of rotatable bonds is 1. The van der Waals surface area contributed by atoms with Crippen molar-refractivity contribution < 1.29 is 8.81 Å². The zero-order chi connectivity index (χ0) is 15.2. The summed E-state index contributed by atoms with van der Waals surface area (Å²) in [7, 11) is 0. The van der Waals surface area contributed by atoms with E-state index in [9.17, 15) is 4.39 Å². The van der Waals surface area contributed by atoms with Crippen molar-refractivity contribution in [3.05, 3.63) is 47.8 Å². The fourth-order valence-corrected chi connectivity index (χ4v) is 2.27. The summed E-state index contributed by atoms with van der Waals surface area (Å²) in [5.41, 5.74) is 8.87. The molecule has 0 saturated carbocycles. The third-order valence-electron chi connectivity index (χ3n) is 3.51. The topological polar surface area (TPSA) is 52.0 Å². The van der Waals surface area contributed by atoms with Gasteiger partial charge in [0.1, 0.15) is 11.3 Å². The maximum absolute atomic E-state index is 14.0. The van der Waals surface area contributed by atoms with Crippen LogP contribution in [-0.4, -0.2) is 4.98 Å². The third-order valence-corrected chi connectivity index (χ3v) is 3.51. The van der Waals surface area contributed by atoms with Gasteiger partial charge >= 0.3 is 0 Å². The van der Waals surface area contributed by atoms with Gasteiger partial charge in [-0.3, -0.25) is 0 Å². The second-order valence-corrected chi connectivity index (χ2v) is 6.16. The van der Waals surface area contributed by atoms with E-state index in [0.29, 0.717) is 16.8 Å². The van der Waals surface area contributed by atoms with E-state index in [2.05, 4.69) is 25.8 Å². The maximum atomic E-state index is 14.0. The van der Waals surface area contributed by atoms with E-state index in [1.165, 1.54) is 6.07 Å². The lowest BCUT2D eigenvalue weighted by molar-refractivity contribution is 0.588. The van der Waals surface area contributed by atoms with Gasteiger partial charge in [0.2, 0.25) is 5.89 Å². The van der Waals surface area contributed by atoms with Crippen LogP contribution in [0.15, 0.2) is 40.8 Å². The molecule has 4 heteroatoms. The first-order valence-electron chi connectivity index (χ1n) is 6.82. The van der Waals surface area contributed by atoms with Gasteiger partial charge in [-0.05, 0) is 35.2 Å². The first-order valence-corrected chi connectivity index (χ1v) is 6.82. The van der Waals surface area contributed by atoms with Crippen LogP contribution in [0.5, 0.6) is 0 Å². The Morgan fingerprint density at radius 2 is 1.90 bits per heavy atom. The van der Waals surface area contributed by atoms with Crippen molar-refractivity contribution in [2.24, 2.45) is 0 Å². The highest BCUT2D eigenvalue weighted by Crippen LogP contribution is 2.32. The Balaban J connectivity index is 2.18. The van der Waals surface area contributed by atoms with Gasteiger partial charge in [0.25, 0.3) is 0 Å².